The van der Waals surface area contributed by atoms with Gasteiger partial charge in [0.05, 0.1) is 17.8 Å². The lowest BCUT2D eigenvalue weighted by Gasteiger charge is -2.40. The van der Waals surface area contributed by atoms with Crippen molar-refractivity contribution in [1.82, 2.24) is 24.5 Å². The highest BCUT2D eigenvalue weighted by Crippen LogP contribution is 2.36. The summed E-state index contributed by atoms with van der Waals surface area (Å²) in [6.07, 6.45) is 3.42. The molecule has 0 radical (unpaired) electrons. The van der Waals surface area contributed by atoms with Crippen LogP contribution in [0.2, 0.25) is 0 Å². The molecule has 9 nitrogen and oxygen atoms in total. The number of hydrogen-bond acceptors (Lipinski definition) is 6. The molecule has 2 N–H and O–H groups in total. The first kappa shape index (κ1) is 24.8. The maximum atomic E-state index is 13.3. The zero-order valence-corrected chi connectivity index (χ0v) is 20.3. The molecule has 1 aromatic carbocycles. The number of amides is 1. The summed E-state index contributed by atoms with van der Waals surface area (Å²) in [5.74, 6) is 10.5. The fourth-order valence-corrected chi connectivity index (χ4v) is 4.31. The van der Waals surface area contributed by atoms with E-state index in [0.717, 1.165) is 11.8 Å². The van der Waals surface area contributed by atoms with Gasteiger partial charge in [-0.05, 0) is 25.3 Å². The molecule has 36 heavy (non-hydrogen) atoms. The number of benzene rings is 1. The number of aromatic nitrogens is 4. The first-order chi connectivity index (χ1) is 17.4. The van der Waals surface area contributed by atoms with Gasteiger partial charge in [0.15, 0.2) is 17.1 Å². The average molecular weight is 486 g/mol. The van der Waals surface area contributed by atoms with Crippen LogP contribution in [0.5, 0.6) is 5.75 Å². The van der Waals surface area contributed by atoms with Crippen LogP contribution in [0.25, 0.3) is 0 Å². The summed E-state index contributed by atoms with van der Waals surface area (Å²) in [5.41, 5.74) is 1.06. The largest absolute Gasteiger partial charge is 0.502 e. The molecule has 3 heterocycles. The molecule has 0 saturated heterocycles. The van der Waals surface area contributed by atoms with E-state index in [0.29, 0.717) is 17.7 Å². The summed E-state index contributed by atoms with van der Waals surface area (Å²) in [6.45, 7) is 5.66. The Morgan fingerprint density at radius 2 is 1.89 bits per heavy atom. The monoisotopic (exact) mass is 485 g/mol. The quantitative estimate of drug-likeness (QED) is 0.546. The van der Waals surface area contributed by atoms with Crippen LogP contribution >= 0.6 is 0 Å². The van der Waals surface area contributed by atoms with Gasteiger partial charge in [0.1, 0.15) is 12.6 Å². The molecule has 1 amide bonds. The molecule has 0 bridgehead atoms. The molecule has 2 atom stereocenters. The molecule has 0 saturated carbocycles. The predicted molar refractivity (Wildman–Crippen MR) is 133 cm³/mol. The summed E-state index contributed by atoms with van der Waals surface area (Å²) in [5, 5.41) is 28.8. The molecular weight excluding hydrogens is 458 g/mol. The molecular formula is C27H27N5O4. The van der Waals surface area contributed by atoms with E-state index in [4.69, 9.17) is 5.10 Å². The zero-order chi connectivity index (χ0) is 25.8. The maximum Gasteiger partial charge on any atom is 0.276 e. The summed E-state index contributed by atoms with van der Waals surface area (Å²) < 4.78 is 3.16. The molecule has 4 rings (SSSR count). The lowest BCUT2D eigenvalue weighted by molar-refractivity contribution is 0.0547. The van der Waals surface area contributed by atoms with Crippen molar-refractivity contribution in [3.05, 3.63) is 75.5 Å². The lowest BCUT2D eigenvalue weighted by Crippen LogP contribution is -2.50. The standard InChI is InChI=1S/C27H27N5O4/c1-4-5-13-21-20(12-9-14-33)16-31(29-21)24(19-10-7-6-8-11-19)22-17-30(18(2)3)27(36)25-26(35)23(34)15-28-32(22)25/h6-8,10-11,15-16,18,22,24,33,35H,4,14,17H2,1-3H3. The highest BCUT2D eigenvalue weighted by atomic mass is 16.3. The zero-order valence-electron chi connectivity index (χ0n) is 20.3. The number of hydrogen-bond donors (Lipinski definition) is 2. The molecule has 1 aliphatic heterocycles. The van der Waals surface area contributed by atoms with E-state index in [9.17, 15) is 19.8 Å². The summed E-state index contributed by atoms with van der Waals surface area (Å²) in [7, 11) is 0. The van der Waals surface area contributed by atoms with Crippen LogP contribution in [0.1, 0.15) is 66.6 Å². The Balaban J connectivity index is 1.97. The fraction of sp³-hybridized carbons (Fsp3) is 0.333. The minimum atomic E-state index is -0.715. The Morgan fingerprint density at radius 3 is 2.56 bits per heavy atom. The Bertz CT molecular complexity index is 1410. The average Bonchev–Trinajstić information content (AvgIpc) is 3.27. The number of fused-ring (bicyclic) bond motifs is 1. The van der Waals surface area contributed by atoms with Crippen molar-refractivity contribution in [3.8, 4) is 29.4 Å². The highest BCUT2D eigenvalue weighted by Gasteiger charge is 2.41. The van der Waals surface area contributed by atoms with Gasteiger partial charge in [-0.15, -0.1) is 0 Å². The maximum absolute atomic E-state index is 13.3. The molecule has 2 unspecified atom stereocenters. The van der Waals surface area contributed by atoms with E-state index in [1.807, 2.05) is 51.1 Å². The minimum Gasteiger partial charge on any atom is -0.502 e. The number of nitrogens with zero attached hydrogens (tertiary/aromatic N) is 5. The van der Waals surface area contributed by atoms with Gasteiger partial charge in [-0.1, -0.05) is 55.0 Å². The Labute approximate surface area is 209 Å². The second kappa shape index (κ2) is 10.5. The van der Waals surface area contributed by atoms with Gasteiger partial charge in [0, 0.05) is 25.2 Å². The predicted octanol–water partition coefficient (Wildman–Crippen LogP) is 1.95. The van der Waals surface area contributed by atoms with Crippen LogP contribution in [0.4, 0.5) is 0 Å². The number of aliphatic hydroxyl groups excluding tert-OH is 1. The third kappa shape index (κ3) is 4.61. The van der Waals surface area contributed by atoms with Crippen LogP contribution in [0.3, 0.4) is 0 Å². The lowest BCUT2D eigenvalue weighted by atomic mass is 9.96. The topological polar surface area (TPSA) is 113 Å². The van der Waals surface area contributed by atoms with Crippen molar-refractivity contribution in [2.45, 2.75) is 45.3 Å². The van der Waals surface area contributed by atoms with E-state index in [1.54, 1.807) is 15.8 Å². The first-order valence-corrected chi connectivity index (χ1v) is 11.7. The number of carbonyl (C=O) groups is 1. The molecule has 0 aliphatic carbocycles. The van der Waals surface area contributed by atoms with Gasteiger partial charge in [0.25, 0.3) is 5.91 Å². The van der Waals surface area contributed by atoms with Crippen molar-refractivity contribution in [3.63, 3.8) is 0 Å². The first-order valence-electron chi connectivity index (χ1n) is 11.7. The number of aromatic hydroxyl groups is 1. The summed E-state index contributed by atoms with van der Waals surface area (Å²) in [4.78, 5) is 27.1. The van der Waals surface area contributed by atoms with Crippen molar-refractivity contribution in [2.24, 2.45) is 0 Å². The molecule has 0 spiro atoms. The van der Waals surface area contributed by atoms with Crippen molar-refractivity contribution in [1.29, 1.82) is 0 Å². The molecule has 3 aromatic rings. The van der Waals surface area contributed by atoms with Gasteiger partial charge >= 0.3 is 0 Å². The SMILES string of the molecule is CCC#Cc1nn(C(c2ccccc2)C2CN(C(C)C)C(=O)c3c(O)c(=O)cnn32)cc1C#CCO. The molecule has 0 fully saturated rings. The second-order valence-electron chi connectivity index (χ2n) is 8.61. The molecule has 1 aliphatic rings. The number of rotatable bonds is 4. The van der Waals surface area contributed by atoms with E-state index in [1.165, 1.54) is 4.68 Å². The second-order valence-corrected chi connectivity index (χ2v) is 8.61. The van der Waals surface area contributed by atoms with Gasteiger partial charge in [0.2, 0.25) is 5.43 Å². The van der Waals surface area contributed by atoms with E-state index < -0.39 is 29.2 Å². The van der Waals surface area contributed by atoms with Crippen LogP contribution in [-0.4, -0.2) is 59.8 Å². The third-order valence-electron chi connectivity index (χ3n) is 5.98. The van der Waals surface area contributed by atoms with Crippen LogP contribution in [0, 0.1) is 23.7 Å². The molecule has 184 valence electrons. The minimum absolute atomic E-state index is 0.146. The number of carbonyl (C=O) groups excluding carboxylic acids is 1. The van der Waals surface area contributed by atoms with Crippen LogP contribution < -0.4 is 5.43 Å². The van der Waals surface area contributed by atoms with Crippen molar-refractivity contribution < 1.29 is 15.0 Å². The van der Waals surface area contributed by atoms with Gasteiger partial charge < -0.3 is 15.1 Å². The smallest absolute Gasteiger partial charge is 0.276 e. The fourth-order valence-electron chi connectivity index (χ4n) is 4.31. The summed E-state index contributed by atoms with van der Waals surface area (Å²) in [6, 6.07) is 8.42. The van der Waals surface area contributed by atoms with E-state index in [-0.39, 0.29) is 24.9 Å². The van der Waals surface area contributed by atoms with Gasteiger partial charge in [-0.3, -0.25) is 14.3 Å². The summed E-state index contributed by atoms with van der Waals surface area (Å²) >= 11 is 0. The van der Waals surface area contributed by atoms with E-state index in [2.05, 4.69) is 28.8 Å². The number of aliphatic hydroxyl groups is 1. The highest BCUT2D eigenvalue weighted by molar-refractivity contribution is 5.95. The molecule has 2 aromatic heterocycles. The third-order valence-corrected chi connectivity index (χ3v) is 5.98. The van der Waals surface area contributed by atoms with E-state index >= 15 is 0 Å². The van der Waals surface area contributed by atoms with Gasteiger partial charge in [-0.2, -0.15) is 10.2 Å². The molecule has 9 heteroatoms. The normalized spacial score (nSPS) is 15.5. The Morgan fingerprint density at radius 1 is 1.14 bits per heavy atom. The Kier molecular flexibility index (Phi) is 7.23. The van der Waals surface area contributed by atoms with Crippen LogP contribution in [0.15, 0.2) is 47.5 Å². The van der Waals surface area contributed by atoms with Crippen molar-refractivity contribution >= 4 is 5.91 Å². The Hall–Kier alpha value is -4.34. The van der Waals surface area contributed by atoms with Crippen LogP contribution in [-0.2, 0) is 0 Å². The van der Waals surface area contributed by atoms with Crippen molar-refractivity contribution in [2.75, 3.05) is 13.2 Å². The van der Waals surface area contributed by atoms with Gasteiger partial charge in [-0.25, -0.2) is 4.68 Å².